The molecule has 0 atom stereocenters. The van der Waals surface area contributed by atoms with Crippen molar-refractivity contribution in [1.29, 1.82) is 0 Å². The van der Waals surface area contributed by atoms with Gasteiger partial charge in [0.1, 0.15) is 0 Å². The normalized spacial score (nSPS) is 8.53. The molecule has 1 rings (SSSR count). The maximum Gasteiger partial charge on any atom is 0.414 e. The van der Waals surface area contributed by atoms with Gasteiger partial charge in [0.25, 0.3) is 0 Å². The first-order chi connectivity index (χ1) is 7.99. The zero-order valence-electron chi connectivity index (χ0n) is 9.12. The second-order valence-corrected chi connectivity index (χ2v) is 2.70. The van der Waals surface area contributed by atoms with Crippen LogP contribution in [0.4, 0.5) is 0 Å². The average molecular weight is 240 g/mol. The Morgan fingerprint density at radius 1 is 1.06 bits per heavy atom. The Balaban J connectivity index is 0.000000366. The first-order valence-corrected chi connectivity index (χ1v) is 4.67. The highest BCUT2D eigenvalue weighted by atomic mass is 16.5. The van der Waals surface area contributed by atoms with Crippen LogP contribution < -0.4 is 0 Å². The maximum absolute atomic E-state index is 11.0. The number of carboxylic acid groups (broad SMARTS) is 2. The minimum atomic E-state index is -1.82. The lowest BCUT2D eigenvalue weighted by atomic mass is 10.2. The van der Waals surface area contributed by atoms with E-state index in [-0.39, 0.29) is 5.97 Å². The lowest BCUT2D eigenvalue weighted by molar-refractivity contribution is -0.159. The average Bonchev–Trinajstić information content (AvgIpc) is 2.31. The first-order valence-electron chi connectivity index (χ1n) is 4.67. The summed E-state index contributed by atoms with van der Waals surface area (Å²) in [7, 11) is 0. The minimum Gasteiger partial charge on any atom is -0.473 e. The van der Waals surface area contributed by atoms with Gasteiger partial charge in [0.15, 0.2) is 0 Å². The number of carbonyl (C=O) groups is 3. The van der Waals surface area contributed by atoms with E-state index in [0.29, 0.717) is 12.2 Å². The molecule has 2 N–H and O–H groups in total. The SMILES string of the molecule is CCOC(=O)c1ccccc1.O=C(O)C(=O)O. The topological polar surface area (TPSA) is 101 Å². The molecule has 1 aromatic rings. The van der Waals surface area contributed by atoms with E-state index in [1.165, 1.54) is 0 Å². The molecule has 0 saturated carbocycles. The van der Waals surface area contributed by atoms with Crippen molar-refractivity contribution in [3.8, 4) is 0 Å². The van der Waals surface area contributed by atoms with Crippen LogP contribution in [0.3, 0.4) is 0 Å². The van der Waals surface area contributed by atoms with Crippen LogP contribution in [0.25, 0.3) is 0 Å². The molecule has 0 fully saturated rings. The Bertz CT molecular complexity index is 372. The summed E-state index contributed by atoms with van der Waals surface area (Å²) in [4.78, 5) is 29.2. The van der Waals surface area contributed by atoms with Crippen molar-refractivity contribution >= 4 is 17.9 Å². The number of benzene rings is 1. The van der Waals surface area contributed by atoms with Crippen LogP contribution in [0.15, 0.2) is 30.3 Å². The maximum atomic E-state index is 11.0. The molecule has 0 radical (unpaired) electrons. The van der Waals surface area contributed by atoms with Crippen LogP contribution in [0.2, 0.25) is 0 Å². The fourth-order valence-corrected chi connectivity index (χ4v) is 0.789. The van der Waals surface area contributed by atoms with Crippen LogP contribution >= 0.6 is 0 Å². The zero-order valence-corrected chi connectivity index (χ0v) is 9.12. The number of carboxylic acids is 2. The van der Waals surface area contributed by atoms with Gasteiger partial charge < -0.3 is 14.9 Å². The lowest BCUT2D eigenvalue weighted by Crippen LogP contribution is -2.09. The molecule has 17 heavy (non-hydrogen) atoms. The molecule has 0 unspecified atom stereocenters. The predicted octanol–water partition coefficient (Wildman–Crippen LogP) is 1.02. The monoisotopic (exact) mass is 240 g/mol. The minimum absolute atomic E-state index is 0.256. The van der Waals surface area contributed by atoms with Gasteiger partial charge in [-0.2, -0.15) is 0 Å². The van der Waals surface area contributed by atoms with Gasteiger partial charge in [-0.3, -0.25) is 0 Å². The molecule has 0 aliphatic rings. The summed E-state index contributed by atoms with van der Waals surface area (Å²) in [5, 5.41) is 14.8. The number of hydrogen-bond acceptors (Lipinski definition) is 4. The van der Waals surface area contributed by atoms with E-state index < -0.39 is 11.9 Å². The molecule has 6 heteroatoms. The number of rotatable bonds is 2. The van der Waals surface area contributed by atoms with Crippen molar-refractivity contribution in [3.05, 3.63) is 35.9 Å². The number of carbonyl (C=O) groups excluding carboxylic acids is 1. The summed E-state index contributed by atoms with van der Waals surface area (Å²) in [6.45, 7) is 2.22. The predicted molar refractivity (Wildman–Crippen MR) is 57.7 cm³/mol. The molecule has 0 bridgehead atoms. The molecule has 1 aromatic carbocycles. The van der Waals surface area contributed by atoms with Crippen LogP contribution in [-0.4, -0.2) is 34.7 Å². The Labute approximate surface area is 97.4 Å². The Morgan fingerprint density at radius 3 is 1.88 bits per heavy atom. The summed E-state index contributed by atoms with van der Waals surface area (Å²) >= 11 is 0. The first kappa shape index (κ1) is 14.6. The molecule has 0 amide bonds. The number of ether oxygens (including phenoxy) is 1. The highest BCUT2D eigenvalue weighted by Gasteiger charge is 2.04. The molecular formula is C11H12O6. The standard InChI is InChI=1S/C9H10O2.C2H2O4/c1-2-11-9(10)8-6-4-3-5-7-8;3-1(4)2(5)6/h3-7H,2H2,1H3;(H,3,4)(H,5,6). The quantitative estimate of drug-likeness (QED) is 0.591. The molecule has 0 heterocycles. The van der Waals surface area contributed by atoms with Crippen LogP contribution in [0.5, 0.6) is 0 Å². The van der Waals surface area contributed by atoms with E-state index in [1.54, 1.807) is 19.1 Å². The summed E-state index contributed by atoms with van der Waals surface area (Å²) in [5.74, 6) is -3.90. The van der Waals surface area contributed by atoms with Crippen molar-refractivity contribution in [2.75, 3.05) is 6.61 Å². The van der Waals surface area contributed by atoms with Gasteiger partial charge in [-0.25, -0.2) is 14.4 Å². The third-order valence-corrected chi connectivity index (χ3v) is 1.47. The van der Waals surface area contributed by atoms with E-state index >= 15 is 0 Å². The van der Waals surface area contributed by atoms with Gasteiger partial charge >= 0.3 is 17.9 Å². The smallest absolute Gasteiger partial charge is 0.414 e. The summed E-state index contributed by atoms with van der Waals surface area (Å²) < 4.78 is 4.79. The van der Waals surface area contributed by atoms with Crippen LogP contribution in [0.1, 0.15) is 17.3 Å². The van der Waals surface area contributed by atoms with E-state index in [0.717, 1.165) is 0 Å². The van der Waals surface area contributed by atoms with Gasteiger partial charge in [-0.05, 0) is 19.1 Å². The lowest BCUT2D eigenvalue weighted by Gasteiger charge is -1.99. The molecule has 92 valence electrons. The molecule has 0 aromatic heterocycles. The summed E-state index contributed by atoms with van der Waals surface area (Å²) in [5.41, 5.74) is 0.606. The van der Waals surface area contributed by atoms with Gasteiger partial charge in [0.2, 0.25) is 0 Å². The molecule has 6 nitrogen and oxygen atoms in total. The third-order valence-electron chi connectivity index (χ3n) is 1.47. The van der Waals surface area contributed by atoms with Crippen molar-refractivity contribution in [2.45, 2.75) is 6.92 Å². The third kappa shape index (κ3) is 6.67. The number of aliphatic carboxylic acids is 2. The zero-order chi connectivity index (χ0) is 13.3. The van der Waals surface area contributed by atoms with Crippen molar-refractivity contribution in [3.63, 3.8) is 0 Å². The van der Waals surface area contributed by atoms with Crippen molar-refractivity contribution in [1.82, 2.24) is 0 Å². The summed E-state index contributed by atoms with van der Waals surface area (Å²) in [6, 6.07) is 8.96. The summed E-state index contributed by atoms with van der Waals surface area (Å²) in [6.07, 6.45) is 0. The molecule has 0 saturated heterocycles. The van der Waals surface area contributed by atoms with E-state index in [2.05, 4.69) is 0 Å². The highest BCUT2D eigenvalue weighted by molar-refractivity contribution is 6.27. The van der Waals surface area contributed by atoms with Crippen molar-refractivity contribution < 1.29 is 29.3 Å². The molecule has 0 aliphatic heterocycles. The van der Waals surface area contributed by atoms with Gasteiger partial charge in [0, 0.05) is 0 Å². The molecule has 0 aliphatic carbocycles. The van der Waals surface area contributed by atoms with Gasteiger partial charge in [-0.1, -0.05) is 18.2 Å². The van der Waals surface area contributed by atoms with Crippen molar-refractivity contribution in [2.24, 2.45) is 0 Å². The molecular weight excluding hydrogens is 228 g/mol. The highest BCUT2D eigenvalue weighted by Crippen LogP contribution is 1.99. The van der Waals surface area contributed by atoms with Gasteiger partial charge in [0.05, 0.1) is 12.2 Å². The number of hydrogen-bond donors (Lipinski definition) is 2. The Morgan fingerprint density at radius 2 is 1.53 bits per heavy atom. The van der Waals surface area contributed by atoms with Gasteiger partial charge in [-0.15, -0.1) is 0 Å². The molecule has 0 spiro atoms. The Hall–Kier alpha value is -2.37. The van der Waals surface area contributed by atoms with E-state index in [9.17, 15) is 4.79 Å². The fourth-order valence-electron chi connectivity index (χ4n) is 0.789. The van der Waals surface area contributed by atoms with E-state index in [4.69, 9.17) is 24.5 Å². The Kier molecular flexibility index (Phi) is 6.77. The number of esters is 1. The van der Waals surface area contributed by atoms with Crippen LogP contribution in [-0.2, 0) is 14.3 Å². The largest absolute Gasteiger partial charge is 0.473 e. The van der Waals surface area contributed by atoms with Crippen LogP contribution in [0, 0.1) is 0 Å². The fraction of sp³-hybridized carbons (Fsp3) is 0.182. The second-order valence-electron chi connectivity index (χ2n) is 2.70. The second kappa shape index (κ2) is 7.86. The van der Waals surface area contributed by atoms with E-state index in [1.807, 2.05) is 18.2 Å².